The smallest absolute Gasteiger partial charge is 0.0455 e. The molecule has 2 spiro atoms. The van der Waals surface area contributed by atoms with Gasteiger partial charge in [-0.2, -0.15) is 0 Å². The van der Waals surface area contributed by atoms with E-state index in [0.29, 0.717) is 0 Å². The fraction of sp³-hybridized carbons (Fsp3) is 0.273. The Hall–Kier alpha value is -5.60. The van der Waals surface area contributed by atoms with E-state index >= 15 is 0 Å². The summed E-state index contributed by atoms with van der Waals surface area (Å²) in [7, 11) is 4.48. The minimum atomic E-state index is -0.0899. The van der Waals surface area contributed by atoms with Crippen LogP contribution in [0.15, 0.2) is 121 Å². The van der Waals surface area contributed by atoms with Gasteiger partial charge in [-0.1, -0.05) is 161 Å². The highest BCUT2D eigenvalue weighted by Crippen LogP contribution is 2.58. The second kappa shape index (κ2) is 12.7. The van der Waals surface area contributed by atoms with Gasteiger partial charge < -0.3 is 9.80 Å². The average molecular weight is 741 g/mol. The molecule has 57 heavy (non-hydrogen) atoms. The highest BCUT2D eigenvalue weighted by Gasteiger charge is 2.45. The predicted molar refractivity (Wildman–Crippen MR) is 242 cm³/mol. The van der Waals surface area contributed by atoms with Crippen LogP contribution < -0.4 is 9.80 Å². The Balaban J connectivity index is 0.858. The van der Waals surface area contributed by atoms with E-state index < -0.39 is 0 Å². The summed E-state index contributed by atoms with van der Waals surface area (Å²) in [5.41, 5.74) is 22.2. The quantitative estimate of drug-likeness (QED) is 0.166. The summed E-state index contributed by atoms with van der Waals surface area (Å²) in [5, 5.41) is 0. The standard InChI is InChI=1S/C55H52N2/c1-53(2)47-33-37(17-19-39-23-27-45-51(35-39)56(3)49-15-7-5-13-43(49)54(45)29-9-10-30-54)21-25-41(47)42-26-22-38(34-48(42)53)18-20-40-24-28-46-52(36-40)57(4)50-16-8-6-14-44(50)55(46)31-11-12-32-55/h5-8,13-28,33-36H,9-12,29-32H2,1-4H3. The number of fused-ring (bicyclic) bond motifs is 11. The summed E-state index contributed by atoms with van der Waals surface area (Å²) < 4.78 is 0. The average Bonchev–Trinajstić information content (AvgIpc) is 3.99. The van der Waals surface area contributed by atoms with Gasteiger partial charge in [-0.3, -0.25) is 0 Å². The number of anilines is 4. The lowest BCUT2D eigenvalue weighted by atomic mass is 9.69. The molecule has 0 aromatic heterocycles. The number of benzene rings is 6. The van der Waals surface area contributed by atoms with Gasteiger partial charge in [0.1, 0.15) is 0 Å². The summed E-state index contributed by atoms with van der Waals surface area (Å²) in [6, 6.07) is 46.7. The molecule has 2 nitrogen and oxygen atoms in total. The van der Waals surface area contributed by atoms with Crippen molar-refractivity contribution >= 4 is 47.1 Å². The maximum Gasteiger partial charge on any atom is 0.0455 e. The number of rotatable bonds is 4. The number of nitrogens with zero attached hydrogens (tertiary/aromatic N) is 2. The third-order valence-corrected chi connectivity index (χ3v) is 14.9. The van der Waals surface area contributed by atoms with Crippen molar-refractivity contribution in [2.75, 3.05) is 23.9 Å². The zero-order chi connectivity index (χ0) is 38.5. The van der Waals surface area contributed by atoms with Gasteiger partial charge in [0, 0.05) is 53.1 Å². The van der Waals surface area contributed by atoms with Gasteiger partial charge in [-0.15, -0.1) is 0 Å². The molecule has 0 bridgehead atoms. The van der Waals surface area contributed by atoms with Crippen LogP contribution in [-0.4, -0.2) is 14.1 Å². The molecule has 11 rings (SSSR count). The lowest BCUT2D eigenvalue weighted by Gasteiger charge is -2.42. The highest BCUT2D eigenvalue weighted by atomic mass is 15.1. The van der Waals surface area contributed by atoms with Crippen LogP contribution in [0.4, 0.5) is 22.7 Å². The second-order valence-electron chi connectivity index (χ2n) is 18.2. The molecule has 2 heterocycles. The van der Waals surface area contributed by atoms with Crippen molar-refractivity contribution in [3.05, 3.63) is 177 Å². The Labute approximate surface area is 339 Å². The van der Waals surface area contributed by atoms with E-state index in [2.05, 4.69) is 183 Å². The van der Waals surface area contributed by atoms with E-state index in [1.165, 1.54) is 141 Å². The van der Waals surface area contributed by atoms with Gasteiger partial charge >= 0.3 is 0 Å². The van der Waals surface area contributed by atoms with Crippen LogP contribution in [0.3, 0.4) is 0 Å². The summed E-state index contributed by atoms with van der Waals surface area (Å²) in [4.78, 5) is 4.83. The van der Waals surface area contributed by atoms with Crippen molar-refractivity contribution in [3.8, 4) is 11.1 Å². The maximum absolute atomic E-state index is 2.43. The lowest BCUT2D eigenvalue weighted by molar-refractivity contribution is 0.528. The van der Waals surface area contributed by atoms with Gasteiger partial charge in [0.05, 0.1) is 0 Å². The zero-order valence-corrected chi connectivity index (χ0v) is 33.9. The monoisotopic (exact) mass is 740 g/mol. The summed E-state index contributed by atoms with van der Waals surface area (Å²) in [5.74, 6) is 0. The maximum atomic E-state index is 2.43. The van der Waals surface area contributed by atoms with Crippen LogP contribution in [-0.2, 0) is 16.2 Å². The van der Waals surface area contributed by atoms with Crippen LogP contribution in [0.2, 0.25) is 0 Å². The van der Waals surface area contributed by atoms with E-state index in [9.17, 15) is 0 Å². The fourth-order valence-electron chi connectivity index (χ4n) is 12.0. The third kappa shape index (κ3) is 5.08. The van der Waals surface area contributed by atoms with Gasteiger partial charge in [0.15, 0.2) is 0 Å². The molecule has 0 radical (unpaired) electrons. The van der Waals surface area contributed by atoms with Crippen molar-refractivity contribution in [3.63, 3.8) is 0 Å². The molecule has 2 heteroatoms. The van der Waals surface area contributed by atoms with Crippen molar-refractivity contribution in [1.82, 2.24) is 0 Å². The minimum absolute atomic E-state index is 0.0899. The molecule has 0 N–H and O–H groups in total. The Morgan fingerprint density at radius 3 is 1.16 bits per heavy atom. The normalized spacial score (nSPS) is 18.9. The van der Waals surface area contributed by atoms with Gasteiger partial charge in [0.2, 0.25) is 0 Å². The number of para-hydroxylation sites is 2. The van der Waals surface area contributed by atoms with Gasteiger partial charge in [-0.05, 0) is 117 Å². The van der Waals surface area contributed by atoms with Gasteiger partial charge in [0.25, 0.3) is 0 Å². The topological polar surface area (TPSA) is 6.48 Å². The van der Waals surface area contributed by atoms with Crippen molar-refractivity contribution in [2.24, 2.45) is 0 Å². The molecule has 3 aliphatic carbocycles. The van der Waals surface area contributed by atoms with Crippen LogP contribution in [0.5, 0.6) is 0 Å². The van der Waals surface area contributed by atoms with Crippen LogP contribution in [0.1, 0.15) is 121 Å². The lowest BCUT2D eigenvalue weighted by Crippen LogP contribution is -2.33. The van der Waals surface area contributed by atoms with Crippen molar-refractivity contribution in [1.29, 1.82) is 0 Å². The van der Waals surface area contributed by atoms with Crippen molar-refractivity contribution < 1.29 is 0 Å². The molecule has 2 fully saturated rings. The first-order valence-corrected chi connectivity index (χ1v) is 21.4. The highest BCUT2D eigenvalue weighted by molar-refractivity contribution is 5.87. The second-order valence-corrected chi connectivity index (χ2v) is 18.2. The summed E-state index contributed by atoms with van der Waals surface area (Å²) >= 11 is 0. The first-order valence-electron chi connectivity index (χ1n) is 21.4. The molecular formula is C55H52N2. The van der Waals surface area contributed by atoms with E-state index in [-0.39, 0.29) is 16.2 Å². The predicted octanol–water partition coefficient (Wildman–Crippen LogP) is 14.2. The first-order chi connectivity index (χ1) is 27.8. The van der Waals surface area contributed by atoms with Crippen molar-refractivity contribution in [2.45, 2.75) is 81.5 Å². The fourth-order valence-corrected chi connectivity index (χ4v) is 12.0. The Kier molecular flexibility index (Phi) is 7.72. The first kappa shape index (κ1) is 34.6. The van der Waals surface area contributed by atoms with Crippen LogP contribution >= 0.6 is 0 Å². The molecule has 6 aromatic carbocycles. The largest absolute Gasteiger partial charge is 0.344 e. The molecule has 2 saturated carbocycles. The third-order valence-electron chi connectivity index (χ3n) is 14.9. The Morgan fingerprint density at radius 1 is 0.386 bits per heavy atom. The molecule has 5 aliphatic rings. The SMILES string of the molecule is CN1c2ccccc2C2(CCCC2)c2ccc(C=Cc3ccc4c(c3)C(C)(C)c3cc(C=Cc5ccc6c(c5)N(C)c5ccccc5C65CCCC5)ccc3-4)cc21. The number of hydrogen-bond acceptors (Lipinski definition) is 2. The number of hydrogen-bond donors (Lipinski definition) is 0. The molecule has 0 atom stereocenters. The molecular weight excluding hydrogens is 689 g/mol. The minimum Gasteiger partial charge on any atom is -0.344 e. The van der Waals surface area contributed by atoms with E-state index in [1.807, 2.05) is 0 Å². The molecule has 2 aliphatic heterocycles. The summed E-state index contributed by atoms with van der Waals surface area (Å²) in [6.45, 7) is 4.79. The molecule has 0 amide bonds. The molecule has 0 saturated heterocycles. The van der Waals surface area contributed by atoms with E-state index in [0.717, 1.165) is 0 Å². The Bertz CT molecular complexity index is 2480. The summed E-state index contributed by atoms with van der Waals surface area (Å²) in [6.07, 6.45) is 19.4. The van der Waals surface area contributed by atoms with Gasteiger partial charge in [-0.25, -0.2) is 0 Å². The van der Waals surface area contributed by atoms with E-state index in [4.69, 9.17) is 0 Å². The molecule has 282 valence electrons. The molecule has 6 aromatic rings. The zero-order valence-electron chi connectivity index (χ0n) is 33.9. The van der Waals surface area contributed by atoms with Crippen LogP contribution in [0.25, 0.3) is 35.4 Å². The van der Waals surface area contributed by atoms with E-state index in [1.54, 1.807) is 0 Å². The van der Waals surface area contributed by atoms with Crippen LogP contribution in [0, 0.1) is 0 Å². The molecule has 0 unspecified atom stereocenters. The Morgan fingerprint density at radius 2 is 0.737 bits per heavy atom.